The average molecular weight is 300 g/mol. The van der Waals surface area contributed by atoms with Crippen LogP contribution >= 0.6 is 0 Å². The Labute approximate surface area is 121 Å². The fourth-order valence-corrected chi connectivity index (χ4v) is 2.84. The van der Waals surface area contributed by atoms with E-state index in [0.717, 1.165) is 0 Å². The van der Waals surface area contributed by atoms with Gasteiger partial charge in [-0.15, -0.1) is 0 Å². The van der Waals surface area contributed by atoms with Gasteiger partial charge in [-0.1, -0.05) is 27.7 Å². The molecular weight excluding hydrogens is 276 g/mol. The topological polar surface area (TPSA) is 81.4 Å². The van der Waals surface area contributed by atoms with Gasteiger partial charge >= 0.3 is 0 Å². The molecule has 0 aromatic heterocycles. The van der Waals surface area contributed by atoms with E-state index in [-0.39, 0.29) is 16.1 Å². The van der Waals surface area contributed by atoms with Crippen LogP contribution in [0.4, 0.5) is 5.69 Å². The van der Waals surface area contributed by atoms with Crippen molar-refractivity contribution in [2.45, 2.75) is 32.6 Å². The van der Waals surface area contributed by atoms with Crippen LogP contribution in [0.2, 0.25) is 0 Å². The summed E-state index contributed by atoms with van der Waals surface area (Å²) in [7, 11) is -2.19. The number of nitrogens with two attached hydrogens (primary N) is 1. The second kappa shape index (κ2) is 6.01. The molecule has 0 fully saturated rings. The zero-order valence-electron chi connectivity index (χ0n) is 12.7. The van der Waals surface area contributed by atoms with Gasteiger partial charge in [0.15, 0.2) is 0 Å². The van der Waals surface area contributed by atoms with Crippen LogP contribution in [0.25, 0.3) is 0 Å². The molecule has 1 rings (SSSR count). The lowest BCUT2D eigenvalue weighted by Gasteiger charge is -2.29. The molecule has 0 saturated heterocycles. The van der Waals surface area contributed by atoms with Gasteiger partial charge in [0.25, 0.3) is 0 Å². The fourth-order valence-electron chi connectivity index (χ4n) is 1.47. The number of anilines is 1. The Morgan fingerprint density at radius 1 is 1.35 bits per heavy atom. The molecule has 0 bridgehead atoms. The highest BCUT2D eigenvalue weighted by Crippen LogP contribution is 2.28. The molecule has 5 nitrogen and oxygen atoms in total. The average Bonchev–Trinajstić information content (AvgIpc) is 2.36. The molecule has 0 aliphatic carbocycles. The van der Waals surface area contributed by atoms with E-state index in [2.05, 4.69) is 18.6 Å². The van der Waals surface area contributed by atoms with Crippen LogP contribution in [0, 0.1) is 11.3 Å². The molecule has 20 heavy (non-hydrogen) atoms. The number of ether oxygens (including phenoxy) is 1. The van der Waals surface area contributed by atoms with E-state index in [0.29, 0.717) is 18.2 Å². The van der Waals surface area contributed by atoms with Gasteiger partial charge in [-0.05, 0) is 23.5 Å². The van der Waals surface area contributed by atoms with Crippen molar-refractivity contribution < 1.29 is 13.2 Å². The summed E-state index contributed by atoms with van der Waals surface area (Å²) in [5.41, 5.74) is 5.96. The first-order valence-corrected chi connectivity index (χ1v) is 8.01. The molecule has 0 radical (unpaired) electrons. The third-order valence-electron chi connectivity index (χ3n) is 3.76. The fraction of sp³-hybridized carbons (Fsp3) is 0.571. The summed E-state index contributed by atoms with van der Waals surface area (Å²) < 4.78 is 32.5. The number of hydrogen-bond donors (Lipinski definition) is 2. The van der Waals surface area contributed by atoms with Gasteiger partial charge in [0.2, 0.25) is 10.0 Å². The number of benzene rings is 1. The maximum absolute atomic E-state index is 12.4. The minimum absolute atomic E-state index is 0.105. The molecule has 0 amide bonds. The van der Waals surface area contributed by atoms with Gasteiger partial charge in [-0.2, -0.15) is 0 Å². The summed E-state index contributed by atoms with van der Waals surface area (Å²) in [6.45, 7) is 8.55. The molecule has 0 spiro atoms. The number of rotatable bonds is 6. The molecule has 0 atom stereocenters. The van der Waals surface area contributed by atoms with Crippen molar-refractivity contribution in [3.05, 3.63) is 18.2 Å². The molecule has 0 aliphatic rings. The third kappa shape index (κ3) is 3.86. The number of hydrogen-bond acceptors (Lipinski definition) is 4. The van der Waals surface area contributed by atoms with Crippen LogP contribution in [-0.4, -0.2) is 22.1 Å². The van der Waals surface area contributed by atoms with Crippen molar-refractivity contribution in [3.8, 4) is 5.75 Å². The van der Waals surface area contributed by atoms with Crippen LogP contribution in [0.5, 0.6) is 5.75 Å². The minimum Gasteiger partial charge on any atom is -0.495 e. The standard InChI is InChI=1S/C14H24N2O3S/c1-10(2)14(3,4)9-16-20(17,18)13-7-6-11(15)8-12(13)19-5/h6-8,10,16H,9,15H2,1-5H3. The van der Waals surface area contributed by atoms with Crippen LogP contribution in [0.15, 0.2) is 23.1 Å². The van der Waals surface area contributed by atoms with E-state index in [1.54, 1.807) is 6.07 Å². The Kier molecular flexibility index (Phi) is 5.05. The van der Waals surface area contributed by atoms with Crippen LogP contribution < -0.4 is 15.2 Å². The number of nitrogen functional groups attached to an aromatic ring is 1. The molecule has 1 aromatic carbocycles. The number of nitrogens with one attached hydrogen (secondary N) is 1. The summed E-state index contributed by atoms with van der Waals surface area (Å²) in [6, 6.07) is 4.51. The molecule has 6 heteroatoms. The smallest absolute Gasteiger partial charge is 0.244 e. The van der Waals surface area contributed by atoms with Crippen LogP contribution in [-0.2, 0) is 10.0 Å². The molecule has 3 N–H and O–H groups in total. The van der Waals surface area contributed by atoms with Crippen molar-refractivity contribution >= 4 is 15.7 Å². The third-order valence-corrected chi connectivity index (χ3v) is 5.20. The molecule has 114 valence electrons. The Morgan fingerprint density at radius 3 is 2.45 bits per heavy atom. The van der Waals surface area contributed by atoms with E-state index < -0.39 is 10.0 Å². The van der Waals surface area contributed by atoms with E-state index in [1.807, 2.05) is 13.8 Å². The maximum Gasteiger partial charge on any atom is 0.244 e. The summed E-state index contributed by atoms with van der Waals surface area (Å²) in [5.74, 6) is 0.610. The predicted octanol–water partition coefficient (Wildman–Crippen LogP) is 2.24. The molecule has 0 unspecified atom stereocenters. The minimum atomic E-state index is -3.62. The summed E-state index contributed by atoms with van der Waals surface area (Å²) in [4.78, 5) is 0.105. The summed E-state index contributed by atoms with van der Waals surface area (Å²) >= 11 is 0. The van der Waals surface area contributed by atoms with Crippen molar-refractivity contribution in [2.75, 3.05) is 19.4 Å². The largest absolute Gasteiger partial charge is 0.495 e. The molecule has 0 saturated carbocycles. The highest BCUT2D eigenvalue weighted by molar-refractivity contribution is 7.89. The van der Waals surface area contributed by atoms with E-state index in [4.69, 9.17) is 10.5 Å². The zero-order chi connectivity index (χ0) is 15.6. The van der Waals surface area contributed by atoms with Gasteiger partial charge in [-0.25, -0.2) is 13.1 Å². The zero-order valence-corrected chi connectivity index (χ0v) is 13.5. The molecular formula is C14H24N2O3S. The molecule has 0 aliphatic heterocycles. The van der Waals surface area contributed by atoms with Gasteiger partial charge in [-0.3, -0.25) is 0 Å². The van der Waals surface area contributed by atoms with Crippen molar-refractivity contribution in [1.29, 1.82) is 0 Å². The van der Waals surface area contributed by atoms with Crippen LogP contribution in [0.3, 0.4) is 0 Å². The van der Waals surface area contributed by atoms with Gasteiger partial charge < -0.3 is 10.5 Å². The highest BCUT2D eigenvalue weighted by Gasteiger charge is 2.26. The first-order chi connectivity index (χ1) is 9.10. The lowest BCUT2D eigenvalue weighted by molar-refractivity contribution is 0.252. The monoisotopic (exact) mass is 300 g/mol. The van der Waals surface area contributed by atoms with E-state index in [1.165, 1.54) is 19.2 Å². The van der Waals surface area contributed by atoms with Crippen LogP contribution in [0.1, 0.15) is 27.7 Å². The van der Waals surface area contributed by atoms with Gasteiger partial charge in [0.05, 0.1) is 7.11 Å². The first kappa shape index (κ1) is 16.8. The summed E-state index contributed by atoms with van der Waals surface area (Å²) in [5, 5.41) is 0. The van der Waals surface area contributed by atoms with Crippen molar-refractivity contribution in [1.82, 2.24) is 4.72 Å². The van der Waals surface area contributed by atoms with Gasteiger partial charge in [0.1, 0.15) is 10.6 Å². The Hall–Kier alpha value is -1.27. The molecule has 1 aromatic rings. The van der Waals surface area contributed by atoms with Crippen molar-refractivity contribution in [3.63, 3.8) is 0 Å². The highest BCUT2D eigenvalue weighted by atomic mass is 32.2. The Bertz CT molecular complexity index is 566. The number of sulfonamides is 1. The Morgan fingerprint density at radius 2 is 1.95 bits per heavy atom. The van der Waals surface area contributed by atoms with E-state index in [9.17, 15) is 8.42 Å². The molecule has 0 heterocycles. The second-order valence-electron chi connectivity index (χ2n) is 5.88. The lowest BCUT2D eigenvalue weighted by Crippen LogP contribution is -2.37. The Balaban J connectivity index is 3.01. The number of methoxy groups -OCH3 is 1. The SMILES string of the molecule is COc1cc(N)ccc1S(=O)(=O)NCC(C)(C)C(C)C. The maximum atomic E-state index is 12.4. The quantitative estimate of drug-likeness (QED) is 0.789. The normalized spacial score (nSPS) is 12.7. The van der Waals surface area contributed by atoms with Gasteiger partial charge in [0, 0.05) is 18.3 Å². The second-order valence-corrected chi connectivity index (χ2v) is 7.61. The van der Waals surface area contributed by atoms with E-state index >= 15 is 0 Å². The van der Waals surface area contributed by atoms with Crippen molar-refractivity contribution in [2.24, 2.45) is 11.3 Å². The lowest BCUT2D eigenvalue weighted by atomic mass is 9.81. The summed E-state index contributed by atoms with van der Waals surface area (Å²) in [6.07, 6.45) is 0. The predicted molar refractivity (Wildman–Crippen MR) is 81.2 cm³/mol. The first-order valence-electron chi connectivity index (χ1n) is 6.53.